The van der Waals surface area contributed by atoms with Gasteiger partial charge < -0.3 is 15.7 Å². The number of benzene rings is 1. The summed E-state index contributed by atoms with van der Waals surface area (Å²) in [5.74, 6) is 0.456. The monoisotopic (exact) mass is 274 g/mol. The van der Waals surface area contributed by atoms with Crippen LogP contribution in [0.2, 0.25) is 0 Å². The van der Waals surface area contributed by atoms with Gasteiger partial charge >= 0.3 is 0 Å². The molecule has 20 heavy (non-hydrogen) atoms. The van der Waals surface area contributed by atoms with Gasteiger partial charge in [0.25, 0.3) is 0 Å². The second kappa shape index (κ2) is 5.44. The van der Waals surface area contributed by atoms with E-state index < -0.39 is 0 Å². The Kier molecular flexibility index (Phi) is 3.66. The van der Waals surface area contributed by atoms with Gasteiger partial charge in [0.2, 0.25) is 5.91 Å². The minimum atomic E-state index is -0.00657. The van der Waals surface area contributed by atoms with Crippen LogP contribution >= 0.6 is 0 Å². The van der Waals surface area contributed by atoms with Crippen molar-refractivity contribution in [1.29, 1.82) is 0 Å². The van der Waals surface area contributed by atoms with Crippen LogP contribution in [0.4, 0.5) is 0 Å². The smallest absolute Gasteiger partial charge is 0.227 e. The van der Waals surface area contributed by atoms with Gasteiger partial charge in [-0.3, -0.25) is 4.79 Å². The summed E-state index contributed by atoms with van der Waals surface area (Å²) in [5.41, 5.74) is 7.05. The van der Waals surface area contributed by atoms with Crippen molar-refractivity contribution in [2.24, 2.45) is 11.7 Å². The molecule has 0 radical (unpaired) electrons. The van der Waals surface area contributed by atoms with Gasteiger partial charge in [-0.1, -0.05) is 18.6 Å². The Morgan fingerprint density at radius 2 is 2.10 bits per heavy atom. The van der Waals surface area contributed by atoms with E-state index in [9.17, 15) is 9.90 Å². The molecule has 108 valence electrons. The van der Waals surface area contributed by atoms with Gasteiger partial charge in [0, 0.05) is 18.6 Å². The summed E-state index contributed by atoms with van der Waals surface area (Å²) in [6, 6.07) is 7.56. The zero-order chi connectivity index (χ0) is 14.1. The molecule has 1 aromatic rings. The van der Waals surface area contributed by atoms with E-state index in [-0.39, 0.29) is 23.6 Å². The van der Waals surface area contributed by atoms with Crippen LogP contribution in [0.1, 0.15) is 37.7 Å². The fourth-order valence-electron chi connectivity index (χ4n) is 3.13. The number of phenols is 1. The first-order valence-electron chi connectivity index (χ1n) is 7.49. The molecule has 1 aromatic carbocycles. The van der Waals surface area contributed by atoms with E-state index in [0.29, 0.717) is 12.6 Å². The Bertz CT molecular complexity index is 499. The molecule has 2 unspecified atom stereocenters. The second-order valence-corrected chi connectivity index (χ2v) is 6.07. The van der Waals surface area contributed by atoms with Crippen LogP contribution in [0, 0.1) is 5.92 Å². The Balaban J connectivity index is 1.74. The van der Waals surface area contributed by atoms with Crippen molar-refractivity contribution in [1.82, 2.24) is 4.90 Å². The highest BCUT2D eigenvalue weighted by Crippen LogP contribution is 2.33. The molecule has 4 heteroatoms. The minimum Gasteiger partial charge on any atom is -0.508 e. The number of phenolic OH excluding ortho intramolecular Hbond substituents is 1. The van der Waals surface area contributed by atoms with Gasteiger partial charge in [-0.2, -0.15) is 0 Å². The standard InChI is InChI=1S/C16H22N2O2/c17-15-6-2-5-14(15)16(20)18(12-7-8-12)10-11-3-1-4-13(19)9-11/h1,3-4,9,12,14-15,19H,2,5-8,10,17H2. The normalized spacial score (nSPS) is 25.6. The first kappa shape index (κ1) is 13.4. The average Bonchev–Trinajstić information content (AvgIpc) is 3.17. The molecule has 2 aliphatic carbocycles. The molecule has 2 aliphatic rings. The lowest BCUT2D eigenvalue weighted by atomic mass is 10.0. The maximum atomic E-state index is 12.7. The maximum absolute atomic E-state index is 12.7. The van der Waals surface area contributed by atoms with Crippen molar-refractivity contribution in [3.63, 3.8) is 0 Å². The summed E-state index contributed by atoms with van der Waals surface area (Å²) in [4.78, 5) is 14.7. The maximum Gasteiger partial charge on any atom is 0.227 e. The predicted octanol–water partition coefficient (Wildman–Crippen LogP) is 2.01. The Morgan fingerprint density at radius 1 is 1.30 bits per heavy atom. The third-order valence-electron chi connectivity index (χ3n) is 4.42. The molecular weight excluding hydrogens is 252 g/mol. The van der Waals surface area contributed by atoms with E-state index in [2.05, 4.69) is 0 Å². The fourth-order valence-corrected chi connectivity index (χ4v) is 3.13. The molecule has 3 N–H and O–H groups in total. The highest BCUT2D eigenvalue weighted by molar-refractivity contribution is 5.80. The zero-order valence-corrected chi connectivity index (χ0v) is 11.7. The summed E-state index contributed by atoms with van der Waals surface area (Å²) >= 11 is 0. The Labute approximate surface area is 119 Å². The molecule has 0 aromatic heterocycles. The summed E-state index contributed by atoms with van der Waals surface area (Å²) in [5, 5.41) is 9.55. The van der Waals surface area contributed by atoms with E-state index in [1.165, 1.54) is 0 Å². The van der Waals surface area contributed by atoms with Crippen molar-refractivity contribution in [2.45, 2.75) is 50.7 Å². The van der Waals surface area contributed by atoms with Crippen LogP contribution in [0.5, 0.6) is 5.75 Å². The summed E-state index contributed by atoms with van der Waals surface area (Å²) in [6.45, 7) is 0.584. The van der Waals surface area contributed by atoms with Crippen LogP contribution in [-0.4, -0.2) is 28.0 Å². The molecular formula is C16H22N2O2. The van der Waals surface area contributed by atoms with Crippen molar-refractivity contribution >= 4 is 5.91 Å². The first-order valence-corrected chi connectivity index (χ1v) is 7.49. The third kappa shape index (κ3) is 2.80. The molecule has 0 saturated heterocycles. The zero-order valence-electron chi connectivity index (χ0n) is 11.7. The molecule has 2 atom stereocenters. The topological polar surface area (TPSA) is 66.6 Å². The summed E-state index contributed by atoms with van der Waals surface area (Å²) in [7, 11) is 0. The highest BCUT2D eigenvalue weighted by atomic mass is 16.3. The molecule has 0 spiro atoms. The quantitative estimate of drug-likeness (QED) is 0.882. The Hall–Kier alpha value is -1.55. The van der Waals surface area contributed by atoms with Gasteiger partial charge in [-0.05, 0) is 43.4 Å². The van der Waals surface area contributed by atoms with Gasteiger partial charge in [0.15, 0.2) is 0 Å². The van der Waals surface area contributed by atoms with Crippen molar-refractivity contribution in [2.75, 3.05) is 0 Å². The lowest BCUT2D eigenvalue weighted by Gasteiger charge is -2.27. The summed E-state index contributed by atoms with van der Waals surface area (Å²) < 4.78 is 0. The SMILES string of the molecule is NC1CCCC1C(=O)N(Cc1cccc(O)c1)C1CC1. The van der Waals surface area contributed by atoms with E-state index in [4.69, 9.17) is 5.73 Å². The van der Waals surface area contributed by atoms with E-state index in [1.807, 2.05) is 17.0 Å². The molecule has 1 amide bonds. The second-order valence-electron chi connectivity index (χ2n) is 6.07. The van der Waals surface area contributed by atoms with Gasteiger partial charge in [-0.25, -0.2) is 0 Å². The van der Waals surface area contributed by atoms with Crippen molar-refractivity contribution in [3.05, 3.63) is 29.8 Å². The minimum absolute atomic E-state index is 0.00657. The number of aromatic hydroxyl groups is 1. The molecule has 0 aliphatic heterocycles. The number of nitrogens with zero attached hydrogens (tertiary/aromatic N) is 1. The van der Waals surface area contributed by atoms with Crippen molar-refractivity contribution in [3.8, 4) is 5.75 Å². The fraction of sp³-hybridized carbons (Fsp3) is 0.562. The van der Waals surface area contributed by atoms with Crippen LogP contribution in [0.25, 0.3) is 0 Å². The number of rotatable bonds is 4. The largest absolute Gasteiger partial charge is 0.508 e. The number of hydrogen-bond acceptors (Lipinski definition) is 3. The van der Waals surface area contributed by atoms with Crippen LogP contribution < -0.4 is 5.73 Å². The van der Waals surface area contributed by atoms with E-state index in [0.717, 1.165) is 37.7 Å². The lowest BCUT2D eigenvalue weighted by Crippen LogP contribution is -2.42. The van der Waals surface area contributed by atoms with E-state index in [1.54, 1.807) is 12.1 Å². The first-order chi connectivity index (χ1) is 9.65. The lowest BCUT2D eigenvalue weighted by molar-refractivity contribution is -0.137. The molecule has 0 heterocycles. The summed E-state index contributed by atoms with van der Waals surface area (Å²) in [6.07, 6.45) is 5.12. The average molecular weight is 274 g/mol. The van der Waals surface area contributed by atoms with Gasteiger partial charge in [0.05, 0.1) is 5.92 Å². The molecule has 2 saturated carbocycles. The van der Waals surface area contributed by atoms with E-state index >= 15 is 0 Å². The predicted molar refractivity (Wildman–Crippen MR) is 77.0 cm³/mol. The van der Waals surface area contributed by atoms with Crippen LogP contribution in [0.15, 0.2) is 24.3 Å². The number of carbonyl (C=O) groups is 1. The van der Waals surface area contributed by atoms with Crippen LogP contribution in [0.3, 0.4) is 0 Å². The van der Waals surface area contributed by atoms with Crippen LogP contribution in [-0.2, 0) is 11.3 Å². The molecule has 4 nitrogen and oxygen atoms in total. The molecule has 0 bridgehead atoms. The number of hydrogen-bond donors (Lipinski definition) is 2. The number of carbonyl (C=O) groups excluding carboxylic acids is 1. The Morgan fingerprint density at radius 3 is 2.70 bits per heavy atom. The number of nitrogens with two attached hydrogens (primary N) is 1. The van der Waals surface area contributed by atoms with Gasteiger partial charge in [0.1, 0.15) is 5.75 Å². The third-order valence-corrected chi connectivity index (χ3v) is 4.42. The van der Waals surface area contributed by atoms with Crippen molar-refractivity contribution < 1.29 is 9.90 Å². The van der Waals surface area contributed by atoms with Gasteiger partial charge in [-0.15, -0.1) is 0 Å². The highest BCUT2D eigenvalue weighted by Gasteiger charge is 2.39. The number of amides is 1. The molecule has 2 fully saturated rings. The molecule has 3 rings (SSSR count).